The molecule has 0 aliphatic carbocycles. The summed E-state index contributed by atoms with van der Waals surface area (Å²) in [7, 11) is 1.44. The van der Waals surface area contributed by atoms with Crippen LogP contribution < -0.4 is 5.48 Å². The lowest BCUT2D eigenvalue weighted by molar-refractivity contribution is 0.111. The molecule has 0 unspecified atom stereocenters. The number of nitrogens with zero attached hydrogens (tertiary/aromatic N) is 2. The average molecular weight is 105 g/mol. The fraction of sp³-hybridized carbons (Fsp3) is 1.00. The predicted octanol–water partition coefficient (Wildman–Crippen LogP) is -0.464. The van der Waals surface area contributed by atoms with Gasteiger partial charge in [0, 0.05) is 7.05 Å². The van der Waals surface area contributed by atoms with E-state index < -0.39 is 0 Å². The first-order valence-corrected chi connectivity index (χ1v) is 1.72. The van der Waals surface area contributed by atoms with E-state index in [1.165, 1.54) is 7.05 Å². The summed E-state index contributed by atoms with van der Waals surface area (Å²) in [5.74, 6) is 0. The molecular weight excluding hydrogens is 98.0 g/mol. The van der Waals surface area contributed by atoms with Crippen LogP contribution in [0, 0.1) is 4.91 Å². The Balaban J connectivity index is 2.98. The van der Waals surface area contributed by atoms with Crippen molar-refractivity contribution in [2.75, 3.05) is 13.7 Å². The summed E-state index contributed by atoms with van der Waals surface area (Å²) in [6.07, 6.45) is 0. The lowest BCUT2D eigenvalue weighted by atomic mass is 11.0. The van der Waals surface area contributed by atoms with Crippen molar-refractivity contribution in [2.24, 2.45) is 5.29 Å². The molecule has 0 aliphatic heterocycles. The van der Waals surface area contributed by atoms with E-state index in [0.29, 0.717) is 0 Å². The van der Waals surface area contributed by atoms with Gasteiger partial charge in [0.1, 0.15) is 6.67 Å². The van der Waals surface area contributed by atoms with Crippen molar-refractivity contribution in [3.05, 3.63) is 4.91 Å². The smallest absolute Gasteiger partial charge is 0.111 e. The third-order valence-electron chi connectivity index (χ3n) is 0.439. The zero-order valence-electron chi connectivity index (χ0n) is 3.96. The highest BCUT2D eigenvalue weighted by atomic mass is 16.5. The standard InChI is InChI=1S/C2H7N3O2/c1-5(4-7)2-3-6/h3,6H,2H2,1H3. The number of nitroso groups, excluding NO2 is 1. The fourth-order valence-electron chi connectivity index (χ4n) is 0.131. The second-order valence-corrected chi connectivity index (χ2v) is 1.06. The van der Waals surface area contributed by atoms with Gasteiger partial charge in [-0.05, 0) is 0 Å². The summed E-state index contributed by atoms with van der Waals surface area (Å²) in [6, 6.07) is 0. The largest absolute Gasteiger partial charge is 0.315 e. The maximum Gasteiger partial charge on any atom is 0.111 e. The Kier molecular flexibility index (Phi) is 3.17. The van der Waals surface area contributed by atoms with Gasteiger partial charge in [-0.1, -0.05) is 0 Å². The molecule has 0 fully saturated rings. The molecule has 0 aromatic rings. The van der Waals surface area contributed by atoms with Crippen LogP contribution in [-0.2, 0) is 0 Å². The van der Waals surface area contributed by atoms with E-state index in [2.05, 4.69) is 5.29 Å². The Bertz CT molecular complexity index is 56.9. The highest BCUT2D eigenvalue weighted by molar-refractivity contribution is 4.28. The minimum Gasteiger partial charge on any atom is -0.315 e. The Labute approximate surface area is 40.8 Å². The molecule has 0 saturated heterocycles. The van der Waals surface area contributed by atoms with Crippen molar-refractivity contribution >= 4 is 0 Å². The van der Waals surface area contributed by atoms with Crippen molar-refractivity contribution < 1.29 is 5.21 Å². The van der Waals surface area contributed by atoms with E-state index in [1.807, 2.05) is 0 Å². The molecular formula is C2H7N3O2. The molecule has 0 heterocycles. The first kappa shape index (κ1) is 6.32. The van der Waals surface area contributed by atoms with Crippen LogP contribution in [0.4, 0.5) is 0 Å². The maximum atomic E-state index is 9.42. The minimum absolute atomic E-state index is 0.0590. The molecule has 0 aliphatic rings. The lowest BCUT2D eigenvalue weighted by Gasteiger charge is -2.03. The SMILES string of the molecule is CN(CNO)N=O. The summed E-state index contributed by atoms with van der Waals surface area (Å²) in [6.45, 7) is 0.0590. The maximum absolute atomic E-state index is 9.42. The van der Waals surface area contributed by atoms with Crippen LogP contribution in [0.1, 0.15) is 0 Å². The molecule has 0 bridgehead atoms. The monoisotopic (exact) mass is 105 g/mol. The van der Waals surface area contributed by atoms with E-state index in [0.717, 1.165) is 5.01 Å². The molecule has 0 radical (unpaired) electrons. The van der Waals surface area contributed by atoms with Crippen LogP contribution in [0.5, 0.6) is 0 Å². The zero-order chi connectivity index (χ0) is 5.70. The summed E-state index contributed by atoms with van der Waals surface area (Å²) in [4.78, 5) is 9.42. The highest BCUT2D eigenvalue weighted by Crippen LogP contribution is 1.72. The van der Waals surface area contributed by atoms with Gasteiger partial charge in [0.25, 0.3) is 0 Å². The van der Waals surface area contributed by atoms with E-state index in [1.54, 1.807) is 5.48 Å². The van der Waals surface area contributed by atoms with Gasteiger partial charge in [0.2, 0.25) is 0 Å². The minimum atomic E-state index is 0.0590. The van der Waals surface area contributed by atoms with E-state index in [9.17, 15) is 4.91 Å². The number of hydroxylamine groups is 1. The third-order valence-corrected chi connectivity index (χ3v) is 0.439. The molecule has 42 valence electrons. The number of hydrogen-bond acceptors (Lipinski definition) is 4. The van der Waals surface area contributed by atoms with Crippen molar-refractivity contribution in [1.82, 2.24) is 10.5 Å². The van der Waals surface area contributed by atoms with Gasteiger partial charge in [0.15, 0.2) is 0 Å². The Morgan fingerprint density at radius 3 is 2.71 bits per heavy atom. The van der Waals surface area contributed by atoms with E-state index >= 15 is 0 Å². The van der Waals surface area contributed by atoms with Crippen LogP contribution >= 0.6 is 0 Å². The second-order valence-electron chi connectivity index (χ2n) is 1.06. The Hall–Kier alpha value is -0.680. The Morgan fingerprint density at radius 1 is 2.00 bits per heavy atom. The molecule has 0 amide bonds. The van der Waals surface area contributed by atoms with Gasteiger partial charge in [-0.15, -0.1) is 4.91 Å². The lowest BCUT2D eigenvalue weighted by Crippen LogP contribution is -2.23. The molecule has 0 spiro atoms. The quantitative estimate of drug-likeness (QED) is 0.289. The topological polar surface area (TPSA) is 64.9 Å². The third kappa shape index (κ3) is 3.14. The fourth-order valence-corrected chi connectivity index (χ4v) is 0.131. The highest BCUT2D eigenvalue weighted by Gasteiger charge is 1.85. The number of nitrogens with one attached hydrogen (secondary N) is 1. The normalized spacial score (nSPS) is 8.29. The molecule has 0 saturated carbocycles. The predicted molar refractivity (Wildman–Crippen MR) is 23.3 cm³/mol. The van der Waals surface area contributed by atoms with Gasteiger partial charge in [-0.3, -0.25) is 0 Å². The van der Waals surface area contributed by atoms with Crippen LogP contribution in [-0.4, -0.2) is 23.9 Å². The van der Waals surface area contributed by atoms with Gasteiger partial charge < -0.3 is 5.21 Å². The van der Waals surface area contributed by atoms with Crippen molar-refractivity contribution in [1.29, 1.82) is 0 Å². The molecule has 0 aromatic heterocycles. The summed E-state index contributed by atoms with van der Waals surface area (Å²) in [5.41, 5.74) is 1.75. The average Bonchev–Trinajstić information content (AvgIpc) is 1.68. The second kappa shape index (κ2) is 3.51. The van der Waals surface area contributed by atoms with E-state index in [-0.39, 0.29) is 6.67 Å². The molecule has 0 rings (SSSR count). The van der Waals surface area contributed by atoms with Crippen molar-refractivity contribution in [3.8, 4) is 0 Å². The van der Waals surface area contributed by atoms with Crippen LogP contribution in [0.2, 0.25) is 0 Å². The Morgan fingerprint density at radius 2 is 2.57 bits per heavy atom. The number of hydrogen-bond donors (Lipinski definition) is 2. The van der Waals surface area contributed by atoms with Gasteiger partial charge in [0.05, 0.1) is 5.29 Å². The first-order valence-electron chi connectivity index (χ1n) is 1.72. The van der Waals surface area contributed by atoms with Crippen LogP contribution in [0.15, 0.2) is 5.29 Å². The van der Waals surface area contributed by atoms with Gasteiger partial charge in [-0.25, -0.2) is 5.01 Å². The molecule has 7 heavy (non-hydrogen) atoms. The van der Waals surface area contributed by atoms with Gasteiger partial charge in [-0.2, -0.15) is 5.48 Å². The molecule has 5 nitrogen and oxygen atoms in total. The summed E-state index contributed by atoms with van der Waals surface area (Å²) < 4.78 is 0. The zero-order valence-corrected chi connectivity index (χ0v) is 3.96. The summed E-state index contributed by atoms with van der Waals surface area (Å²) >= 11 is 0. The summed E-state index contributed by atoms with van der Waals surface area (Å²) in [5, 5.41) is 11.3. The molecule has 2 N–H and O–H groups in total. The van der Waals surface area contributed by atoms with Crippen LogP contribution in [0.3, 0.4) is 0 Å². The molecule has 0 atom stereocenters. The van der Waals surface area contributed by atoms with Crippen molar-refractivity contribution in [2.45, 2.75) is 0 Å². The van der Waals surface area contributed by atoms with E-state index in [4.69, 9.17) is 5.21 Å². The number of rotatable bonds is 3. The van der Waals surface area contributed by atoms with Crippen LogP contribution in [0.25, 0.3) is 0 Å². The van der Waals surface area contributed by atoms with Gasteiger partial charge >= 0.3 is 0 Å². The molecule has 5 heteroatoms. The van der Waals surface area contributed by atoms with Crippen molar-refractivity contribution in [3.63, 3.8) is 0 Å². The molecule has 0 aromatic carbocycles. The first-order chi connectivity index (χ1) is 3.31.